The lowest BCUT2D eigenvalue weighted by atomic mass is 9.62. The molecule has 0 fully saturated rings. The van der Waals surface area contributed by atoms with Gasteiger partial charge in [-0.1, -0.05) is 58.0 Å². The van der Waals surface area contributed by atoms with Gasteiger partial charge in [0.25, 0.3) is 0 Å². The Labute approximate surface area is 133 Å². The van der Waals surface area contributed by atoms with E-state index in [9.17, 15) is 9.90 Å². The smallest absolute Gasteiger partial charge is 0.307 e. The van der Waals surface area contributed by atoms with Crippen molar-refractivity contribution in [3.05, 3.63) is 35.9 Å². The Morgan fingerprint density at radius 2 is 1.86 bits per heavy atom. The van der Waals surface area contributed by atoms with Crippen LogP contribution in [0.15, 0.2) is 30.3 Å². The number of aliphatic carboxylic acids is 1. The lowest BCUT2D eigenvalue weighted by Gasteiger charge is -2.42. The molecule has 1 aromatic carbocycles. The van der Waals surface area contributed by atoms with Crippen LogP contribution in [0.25, 0.3) is 0 Å². The second kappa shape index (κ2) is 7.43. The van der Waals surface area contributed by atoms with Crippen LogP contribution in [0.2, 0.25) is 0 Å². The molecule has 1 rings (SSSR count). The van der Waals surface area contributed by atoms with Crippen LogP contribution in [0.3, 0.4) is 0 Å². The normalized spacial score (nSPS) is 15.7. The van der Waals surface area contributed by atoms with Gasteiger partial charge < -0.3 is 9.84 Å². The molecule has 0 heterocycles. The fourth-order valence-electron chi connectivity index (χ4n) is 3.57. The molecule has 1 aromatic rings. The number of hydrogen-bond donors (Lipinski definition) is 2. The summed E-state index contributed by atoms with van der Waals surface area (Å²) in [6.07, 6.45) is 0.872. The summed E-state index contributed by atoms with van der Waals surface area (Å²) in [5.74, 6) is -1.88. The monoisotopic (exact) mass is 305 g/mol. The molecule has 22 heavy (non-hydrogen) atoms. The van der Waals surface area contributed by atoms with Crippen LogP contribution in [0.5, 0.6) is 0 Å². The summed E-state index contributed by atoms with van der Waals surface area (Å²) in [6, 6.07) is 10.1. The number of rotatable bonds is 7. The van der Waals surface area contributed by atoms with Gasteiger partial charge in [0.05, 0.1) is 18.9 Å². The van der Waals surface area contributed by atoms with Gasteiger partial charge in [-0.25, -0.2) is 0 Å². The highest BCUT2D eigenvalue weighted by Crippen LogP contribution is 2.47. The van der Waals surface area contributed by atoms with E-state index in [1.807, 2.05) is 32.0 Å². The third-order valence-corrected chi connectivity index (χ3v) is 4.70. The first-order chi connectivity index (χ1) is 10.3. The quantitative estimate of drug-likeness (QED) is 0.587. The second-order valence-corrected chi connectivity index (χ2v) is 6.37. The Balaban J connectivity index is 3.29. The number of carboxylic acids is 1. The van der Waals surface area contributed by atoms with Crippen molar-refractivity contribution in [1.82, 2.24) is 0 Å². The molecule has 0 aliphatic heterocycles. The molecule has 3 atom stereocenters. The van der Waals surface area contributed by atoms with Crippen LogP contribution in [-0.4, -0.2) is 24.1 Å². The lowest BCUT2D eigenvalue weighted by Crippen LogP contribution is -2.42. The number of carboxylic acid groups (broad SMARTS) is 1. The average Bonchev–Trinajstić information content (AvgIpc) is 2.48. The maximum Gasteiger partial charge on any atom is 0.307 e. The van der Waals surface area contributed by atoms with Gasteiger partial charge in [0.15, 0.2) is 5.90 Å². The van der Waals surface area contributed by atoms with Gasteiger partial charge in [-0.15, -0.1) is 0 Å². The average molecular weight is 305 g/mol. The van der Waals surface area contributed by atoms with E-state index in [4.69, 9.17) is 10.1 Å². The second-order valence-electron chi connectivity index (χ2n) is 6.37. The zero-order chi connectivity index (χ0) is 16.9. The van der Waals surface area contributed by atoms with E-state index in [1.54, 1.807) is 6.92 Å². The van der Waals surface area contributed by atoms with Crippen LogP contribution in [0, 0.1) is 22.7 Å². The van der Waals surface area contributed by atoms with Gasteiger partial charge in [0, 0.05) is 0 Å². The molecule has 0 amide bonds. The van der Waals surface area contributed by atoms with Crippen LogP contribution in [0.1, 0.15) is 45.6 Å². The van der Waals surface area contributed by atoms with E-state index >= 15 is 0 Å². The van der Waals surface area contributed by atoms with Gasteiger partial charge in [-0.3, -0.25) is 10.2 Å². The minimum atomic E-state index is -0.900. The third-order valence-electron chi connectivity index (χ3n) is 4.70. The fraction of sp³-hybridized carbons (Fsp3) is 0.556. The maximum absolute atomic E-state index is 11.5. The zero-order valence-electron chi connectivity index (χ0n) is 14.1. The molecule has 0 saturated carbocycles. The highest BCUT2D eigenvalue weighted by Gasteiger charge is 2.45. The molecule has 2 unspecified atom stereocenters. The van der Waals surface area contributed by atoms with Crippen molar-refractivity contribution in [2.45, 2.75) is 40.0 Å². The highest BCUT2D eigenvalue weighted by molar-refractivity contribution is 5.83. The highest BCUT2D eigenvalue weighted by atomic mass is 16.5. The predicted molar refractivity (Wildman–Crippen MR) is 88.3 cm³/mol. The van der Waals surface area contributed by atoms with Crippen molar-refractivity contribution in [3.63, 3.8) is 0 Å². The molecule has 4 heteroatoms. The molecule has 0 aliphatic rings. The minimum Gasteiger partial charge on any atom is -0.484 e. The largest absolute Gasteiger partial charge is 0.484 e. The van der Waals surface area contributed by atoms with Crippen LogP contribution in [0.4, 0.5) is 0 Å². The molecular formula is C18H27NO3. The van der Waals surface area contributed by atoms with Crippen LogP contribution >= 0.6 is 0 Å². The standard InChI is InChI=1S/C18H27NO3/c1-6-14(13-10-8-7-9-11-13)18(3,4)15(16(19)22-5)12(2)17(20)21/h7-12,14-15,19H,6H2,1-5H3,(H,20,21)/t12-,14?,15?/m1/s1. The van der Waals surface area contributed by atoms with E-state index in [2.05, 4.69) is 19.1 Å². The predicted octanol–water partition coefficient (Wildman–Crippen LogP) is 4.17. The summed E-state index contributed by atoms with van der Waals surface area (Å²) in [6.45, 7) is 7.82. The molecule has 2 N–H and O–H groups in total. The number of nitrogens with one attached hydrogen (secondary N) is 1. The van der Waals surface area contributed by atoms with Crippen molar-refractivity contribution in [2.24, 2.45) is 17.3 Å². The van der Waals surface area contributed by atoms with E-state index in [-0.39, 0.29) is 11.8 Å². The first-order valence-electron chi connectivity index (χ1n) is 7.67. The van der Waals surface area contributed by atoms with Crippen molar-refractivity contribution in [2.75, 3.05) is 7.11 Å². The lowest BCUT2D eigenvalue weighted by molar-refractivity contribution is -0.143. The van der Waals surface area contributed by atoms with Gasteiger partial charge >= 0.3 is 5.97 Å². The molecule has 122 valence electrons. The zero-order valence-corrected chi connectivity index (χ0v) is 14.1. The SMILES string of the molecule is CCC(c1ccccc1)C(C)(C)C(C(=N)OC)[C@@H](C)C(=O)O. The summed E-state index contributed by atoms with van der Waals surface area (Å²) < 4.78 is 5.12. The molecule has 0 aliphatic carbocycles. The summed E-state index contributed by atoms with van der Waals surface area (Å²) >= 11 is 0. The Morgan fingerprint density at radius 3 is 2.27 bits per heavy atom. The fourth-order valence-corrected chi connectivity index (χ4v) is 3.57. The van der Waals surface area contributed by atoms with Gasteiger partial charge in [0.2, 0.25) is 0 Å². The molecular weight excluding hydrogens is 278 g/mol. The molecule has 4 nitrogen and oxygen atoms in total. The summed E-state index contributed by atoms with van der Waals surface area (Å²) in [5.41, 5.74) is 0.752. The third kappa shape index (κ3) is 3.67. The van der Waals surface area contributed by atoms with Crippen LogP contribution in [-0.2, 0) is 9.53 Å². The Kier molecular flexibility index (Phi) is 6.15. The van der Waals surface area contributed by atoms with Crippen molar-refractivity contribution < 1.29 is 14.6 Å². The summed E-state index contributed by atoms with van der Waals surface area (Å²) in [5, 5.41) is 17.6. The number of methoxy groups -OCH3 is 1. The number of benzene rings is 1. The Bertz CT molecular complexity index is 510. The first kappa shape index (κ1) is 18.2. The number of ether oxygens (including phenoxy) is 1. The number of hydrogen-bond acceptors (Lipinski definition) is 3. The minimum absolute atomic E-state index is 0.0364. The van der Waals surface area contributed by atoms with E-state index in [1.165, 1.54) is 12.7 Å². The van der Waals surface area contributed by atoms with Crippen molar-refractivity contribution >= 4 is 11.9 Å². The van der Waals surface area contributed by atoms with Gasteiger partial charge in [0.1, 0.15) is 0 Å². The first-order valence-corrected chi connectivity index (χ1v) is 7.67. The topological polar surface area (TPSA) is 70.4 Å². The van der Waals surface area contributed by atoms with Crippen molar-refractivity contribution in [3.8, 4) is 0 Å². The van der Waals surface area contributed by atoms with Crippen LogP contribution < -0.4 is 0 Å². The molecule has 0 bridgehead atoms. The molecule has 0 radical (unpaired) electrons. The molecule has 0 aromatic heterocycles. The maximum atomic E-state index is 11.5. The van der Waals surface area contributed by atoms with Gasteiger partial charge in [-0.05, 0) is 23.3 Å². The van der Waals surface area contributed by atoms with Crippen molar-refractivity contribution in [1.29, 1.82) is 5.41 Å². The van der Waals surface area contributed by atoms with E-state index in [0.29, 0.717) is 0 Å². The summed E-state index contributed by atoms with van der Waals surface area (Å²) in [7, 11) is 1.43. The van der Waals surface area contributed by atoms with Gasteiger partial charge in [-0.2, -0.15) is 0 Å². The number of carbonyl (C=O) groups is 1. The molecule has 0 saturated heterocycles. The Hall–Kier alpha value is -1.84. The van der Waals surface area contributed by atoms with E-state index in [0.717, 1.165) is 6.42 Å². The molecule has 0 spiro atoms. The Morgan fingerprint density at radius 1 is 1.32 bits per heavy atom. The summed E-state index contributed by atoms with van der Waals surface area (Å²) in [4.78, 5) is 11.5. The van der Waals surface area contributed by atoms with E-state index < -0.39 is 23.2 Å².